The van der Waals surface area contributed by atoms with Crippen LogP contribution in [-0.2, 0) is 0 Å². The zero-order valence-electron chi connectivity index (χ0n) is 12.0. The van der Waals surface area contributed by atoms with Crippen molar-refractivity contribution in [1.29, 1.82) is 0 Å². The van der Waals surface area contributed by atoms with E-state index in [2.05, 4.69) is 31.5 Å². The number of ether oxygens (including phenoxy) is 1. The van der Waals surface area contributed by atoms with Crippen molar-refractivity contribution in [2.45, 2.75) is 13.8 Å². The Labute approximate surface area is 120 Å². The van der Waals surface area contributed by atoms with Gasteiger partial charge in [0.25, 0.3) is 0 Å². The van der Waals surface area contributed by atoms with E-state index in [9.17, 15) is 0 Å². The lowest BCUT2D eigenvalue weighted by Gasteiger charge is -2.04. The number of rotatable bonds is 5. The Morgan fingerprint density at radius 3 is 2.55 bits per heavy atom. The maximum Gasteiger partial charge on any atom is 0.119 e. The normalized spacial score (nSPS) is 10.7. The van der Waals surface area contributed by atoms with Gasteiger partial charge >= 0.3 is 0 Å². The first-order chi connectivity index (χ1) is 9.70. The molecule has 20 heavy (non-hydrogen) atoms. The van der Waals surface area contributed by atoms with Crippen LogP contribution in [0.2, 0.25) is 0 Å². The molecule has 2 heteroatoms. The summed E-state index contributed by atoms with van der Waals surface area (Å²) in [5.41, 5.74) is 4.54. The molecule has 0 N–H and O–H groups in total. The Morgan fingerprint density at radius 1 is 1.10 bits per heavy atom. The van der Waals surface area contributed by atoms with Crippen LogP contribution in [0.25, 0.3) is 0 Å². The van der Waals surface area contributed by atoms with Gasteiger partial charge in [-0.3, -0.25) is 4.99 Å². The van der Waals surface area contributed by atoms with Crippen LogP contribution in [-0.4, -0.2) is 12.8 Å². The second-order valence-corrected chi connectivity index (χ2v) is 4.65. The van der Waals surface area contributed by atoms with E-state index in [4.69, 9.17) is 4.74 Å². The number of benzene rings is 2. The highest BCUT2D eigenvalue weighted by atomic mass is 16.5. The molecular formula is C18H19NO. The van der Waals surface area contributed by atoms with Gasteiger partial charge in [-0.05, 0) is 60.9 Å². The van der Waals surface area contributed by atoms with Crippen molar-refractivity contribution in [3.8, 4) is 5.75 Å². The Morgan fingerprint density at radius 2 is 1.85 bits per heavy atom. The van der Waals surface area contributed by atoms with Gasteiger partial charge in [-0.15, -0.1) is 0 Å². The fourth-order valence-electron chi connectivity index (χ4n) is 1.82. The third-order valence-corrected chi connectivity index (χ3v) is 3.18. The summed E-state index contributed by atoms with van der Waals surface area (Å²) in [5, 5.41) is 0. The van der Waals surface area contributed by atoms with Crippen molar-refractivity contribution in [1.82, 2.24) is 0 Å². The molecule has 0 saturated carbocycles. The van der Waals surface area contributed by atoms with Crippen molar-refractivity contribution in [3.63, 3.8) is 0 Å². The van der Waals surface area contributed by atoms with Gasteiger partial charge in [0.15, 0.2) is 0 Å². The van der Waals surface area contributed by atoms with E-state index in [0.717, 1.165) is 17.0 Å². The second-order valence-electron chi connectivity index (χ2n) is 4.65. The van der Waals surface area contributed by atoms with Crippen molar-refractivity contribution in [2.24, 2.45) is 4.99 Å². The van der Waals surface area contributed by atoms with Gasteiger partial charge in [0.05, 0.1) is 5.69 Å². The molecule has 2 rings (SSSR count). The van der Waals surface area contributed by atoms with Crippen molar-refractivity contribution >= 4 is 11.9 Å². The lowest BCUT2D eigenvalue weighted by atomic mass is 10.1. The number of nitrogens with zero attached hydrogens (tertiary/aromatic N) is 1. The van der Waals surface area contributed by atoms with Crippen LogP contribution in [0, 0.1) is 13.8 Å². The van der Waals surface area contributed by atoms with Gasteiger partial charge in [-0.2, -0.15) is 0 Å². The highest BCUT2D eigenvalue weighted by molar-refractivity contribution is 5.82. The molecule has 0 fully saturated rings. The summed E-state index contributed by atoms with van der Waals surface area (Å²) < 4.78 is 5.45. The highest BCUT2D eigenvalue weighted by Gasteiger charge is 1.98. The summed E-state index contributed by atoms with van der Waals surface area (Å²) in [5.74, 6) is 0.841. The van der Waals surface area contributed by atoms with E-state index >= 15 is 0 Å². The average Bonchev–Trinajstić information content (AvgIpc) is 2.48. The van der Waals surface area contributed by atoms with Crippen LogP contribution in [0.1, 0.15) is 16.7 Å². The molecule has 0 amide bonds. The summed E-state index contributed by atoms with van der Waals surface area (Å²) in [6.45, 7) is 8.34. The van der Waals surface area contributed by atoms with Gasteiger partial charge in [-0.25, -0.2) is 0 Å². The largest absolute Gasteiger partial charge is 0.490 e. The molecule has 102 valence electrons. The third-order valence-electron chi connectivity index (χ3n) is 3.18. The summed E-state index contributed by atoms with van der Waals surface area (Å²) >= 11 is 0. The standard InChI is InChI=1S/C18H19NO/c1-4-12-20-17-10-8-16(9-11-17)13-19-18-7-5-6-14(2)15(18)3/h4-11,13H,1,12H2,2-3H3. The Balaban J connectivity index is 2.11. The molecule has 0 aliphatic carbocycles. The van der Waals surface area contributed by atoms with Crippen LogP contribution < -0.4 is 4.74 Å². The maximum absolute atomic E-state index is 5.45. The molecule has 2 aromatic rings. The van der Waals surface area contributed by atoms with Crippen molar-refractivity contribution in [2.75, 3.05) is 6.61 Å². The van der Waals surface area contributed by atoms with E-state index in [0.29, 0.717) is 6.61 Å². The Bertz CT molecular complexity index is 612. The maximum atomic E-state index is 5.45. The smallest absolute Gasteiger partial charge is 0.119 e. The highest BCUT2D eigenvalue weighted by Crippen LogP contribution is 2.21. The Kier molecular flexibility index (Phi) is 4.72. The van der Waals surface area contributed by atoms with E-state index in [1.54, 1.807) is 6.08 Å². The molecule has 0 spiro atoms. The lowest BCUT2D eigenvalue weighted by Crippen LogP contribution is -1.92. The van der Waals surface area contributed by atoms with Crippen LogP contribution >= 0.6 is 0 Å². The SMILES string of the molecule is C=CCOc1ccc(C=Nc2cccc(C)c2C)cc1. The van der Waals surface area contributed by atoms with Crippen molar-refractivity contribution < 1.29 is 4.74 Å². The number of aryl methyl sites for hydroxylation is 1. The first kappa shape index (κ1) is 14.1. The predicted octanol–water partition coefficient (Wildman–Crippen LogP) is 4.62. The predicted molar refractivity (Wildman–Crippen MR) is 85.3 cm³/mol. The molecule has 0 heterocycles. The molecule has 0 bridgehead atoms. The van der Waals surface area contributed by atoms with Crippen LogP contribution in [0.5, 0.6) is 5.75 Å². The minimum Gasteiger partial charge on any atom is -0.490 e. The monoisotopic (exact) mass is 265 g/mol. The van der Waals surface area contributed by atoms with Gasteiger partial charge in [0.1, 0.15) is 12.4 Å². The quantitative estimate of drug-likeness (QED) is 0.571. The molecular weight excluding hydrogens is 246 g/mol. The first-order valence-corrected chi connectivity index (χ1v) is 6.65. The molecule has 0 aliphatic rings. The zero-order valence-corrected chi connectivity index (χ0v) is 12.0. The molecule has 0 unspecified atom stereocenters. The van der Waals surface area contributed by atoms with Gasteiger partial charge in [0.2, 0.25) is 0 Å². The molecule has 0 aromatic heterocycles. The fourth-order valence-corrected chi connectivity index (χ4v) is 1.82. The second kappa shape index (κ2) is 6.71. The van der Waals surface area contributed by atoms with E-state index in [1.165, 1.54) is 11.1 Å². The minimum atomic E-state index is 0.524. The van der Waals surface area contributed by atoms with Gasteiger partial charge in [0, 0.05) is 6.21 Å². The summed E-state index contributed by atoms with van der Waals surface area (Å²) in [7, 11) is 0. The topological polar surface area (TPSA) is 21.6 Å². The molecule has 2 aromatic carbocycles. The average molecular weight is 265 g/mol. The molecule has 0 saturated heterocycles. The van der Waals surface area contributed by atoms with E-state index in [-0.39, 0.29) is 0 Å². The zero-order chi connectivity index (χ0) is 14.4. The van der Waals surface area contributed by atoms with Crippen molar-refractivity contribution in [3.05, 3.63) is 71.8 Å². The fraction of sp³-hybridized carbons (Fsp3) is 0.167. The summed E-state index contributed by atoms with van der Waals surface area (Å²) in [6.07, 6.45) is 3.61. The Hall–Kier alpha value is -2.35. The number of aliphatic imine (C=N–C) groups is 1. The van der Waals surface area contributed by atoms with Crippen LogP contribution in [0.4, 0.5) is 5.69 Å². The molecule has 2 nitrogen and oxygen atoms in total. The summed E-state index contributed by atoms with van der Waals surface area (Å²) in [6, 6.07) is 14.0. The summed E-state index contributed by atoms with van der Waals surface area (Å²) in [4.78, 5) is 4.55. The first-order valence-electron chi connectivity index (χ1n) is 6.65. The van der Waals surface area contributed by atoms with Crippen LogP contribution in [0.15, 0.2) is 60.1 Å². The lowest BCUT2D eigenvalue weighted by molar-refractivity contribution is 0.363. The molecule has 0 aliphatic heterocycles. The van der Waals surface area contributed by atoms with Gasteiger partial charge in [-0.1, -0.05) is 24.8 Å². The number of hydrogen-bond donors (Lipinski definition) is 0. The third kappa shape index (κ3) is 3.58. The number of hydrogen-bond acceptors (Lipinski definition) is 2. The minimum absolute atomic E-state index is 0.524. The van der Waals surface area contributed by atoms with E-state index in [1.807, 2.05) is 42.6 Å². The van der Waals surface area contributed by atoms with Gasteiger partial charge < -0.3 is 4.74 Å². The van der Waals surface area contributed by atoms with Crippen LogP contribution in [0.3, 0.4) is 0 Å². The van der Waals surface area contributed by atoms with E-state index < -0.39 is 0 Å². The molecule has 0 radical (unpaired) electrons. The molecule has 0 atom stereocenters.